The lowest BCUT2D eigenvalue weighted by Gasteiger charge is -2.32. The Hall–Kier alpha value is -3.45. The smallest absolute Gasteiger partial charge is 0.307 e. The molecule has 3 aromatic rings. The maximum atomic E-state index is 15.9. The van der Waals surface area contributed by atoms with Gasteiger partial charge < -0.3 is 19.3 Å². The Balaban J connectivity index is 1.49. The molecule has 212 valence electrons. The third-order valence-electron chi connectivity index (χ3n) is 8.41. The number of methoxy groups -OCH3 is 2. The van der Waals surface area contributed by atoms with Gasteiger partial charge in [0.05, 0.1) is 19.1 Å². The topological polar surface area (TPSA) is 65.0 Å². The van der Waals surface area contributed by atoms with Crippen LogP contribution in [0.5, 0.6) is 11.5 Å². The van der Waals surface area contributed by atoms with Crippen LogP contribution in [0, 0.1) is 23.0 Å². The molecule has 1 N–H and O–H groups in total. The summed E-state index contributed by atoms with van der Waals surface area (Å²) in [5, 5.41) is 9.61. The largest absolute Gasteiger partial charge is 0.497 e. The summed E-state index contributed by atoms with van der Waals surface area (Å²) in [7, 11) is 3.17. The quantitative estimate of drug-likeness (QED) is 0.312. The van der Waals surface area contributed by atoms with Crippen LogP contribution in [0.4, 0.5) is 8.78 Å². The highest BCUT2D eigenvalue weighted by Crippen LogP contribution is 2.61. The molecule has 3 atom stereocenters. The summed E-state index contributed by atoms with van der Waals surface area (Å²) < 4.78 is 48.2. The van der Waals surface area contributed by atoms with E-state index in [0.717, 1.165) is 29.5 Å². The zero-order valence-corrected chi connectivity index (χ0v) is 23.6. The molecule has 1 saturated carbocycles. The molecule has 40 heavy (non-hydrogen) atoms. The molecule has 0 saturated heterocycles. The summed E-state index contributed by atoms with van der Waals surface area (Å²) in [6, 6.07) is 13.7. The standard InChI is InChI=1S/C33H36F2O5/c1-32(2,3)30(39-5)24-15-19(8-11-22(24)23-16-21(38-4)10-12-26(23)34)18-40-27-13-9-20-7-6-14-33(28(20)29(27)35)17-25(33)31(36)37/h8-13,15-16,25,30H,6-7,14,17-18H2,1-5H3,(H,36,37)/t25-,30+,33+/m0/s1. The number of halogens is 2. The number of hydrogen-bond donors (Lipinski definition) is 1. The van der Waals surface area contributed by atoms with E-state index in [4.69, 9.17) is 14.2 Å². The number of ether oxygens (including phenoxy) is 3. The summed E-state index contributed by atoms with van der Waals surface area (Å²) in [6.07, 6.45) is 2.36. The van der Waals surface area contributed by atoms with Crippen LogP contribution in [0.1, 0.15) is 68.4 Å². The summed E-state index contributed by atoms with van der Waals surface area (Å²) in [6.45, 7) is 6.24. The third kappa shape index (κ3) is 4.96. The van der Waals surface area contributed by atoms with Gasteiger partial charge in [-0.15, -0.1) is 0 Å². The fraction of sp³-hybridized carbons (Fsp3) is 0.424. The van der Waals surface area contributed by atoms with Crippen LogP contribution >= 0.6 is 0 Å². The summed E-state index contributed by atoms with van der Waals surface area (Å²) in [4.78, 5) is 11.7. The van der Waals surface area contributed by atoms with Crippen molar-refractivity contribution in [1.29, 1.82) is 0 Å². The number of carboxylic acid groups (broad SMARTS) is 1. The Labute approximate surface area is 234 Å². The number of aryl methyl sites for hydroxylation is 1. The lowest BCUT2D eigenvalue weighted by atomic mass is 9.78. The third-order valence-corrected chi connectivity index (χ3v) is 8.41. The van der Waals surface area contributed by atoms with Gasteiger partial charge in [-0.05, 0) is 83.7 Å². The van der Waals surface area contributed by atoms with E-state index in [1.165, 1.54) is 13.2 Å². The molecule has 0 amide bonds. The van der Waals surface area contributed by atoms with Crippen molar-refractivity contribution < 1.29 is 32.9 Å². The highest BCUT2D eigenvalue weighted by molar-refractivity contribution is 5.78. The van der Waals surface area contributed by atoms with Crippen LogP contribution in [-0.4, -0.2) is 25.3 Å². The normalized spacial score (nSPS) is 20.6. The fourth-order valence-corrected chi connectivity index (χ4v) is 6.47. The highest BCUT2D eigenvalue weighted by Gasteiger charge is 2.62. The summed E-state index contributed by atoms with van der Waals surface area (Å²) in [5.41, 5.74) is 3.10. The highest BCUT2D eigenvalue weighted by atomic mass is 19.1. The van der Waals surface area contributed by atoms with Crippen LogP contribution in [0.3, 0.4) is 0 Å². The Bertz CT molecular complexity index is 1440. The van der Waals surface area contributed by atoms with E-state index in [2.05, 4.69) is 20.8 Å². The van der Waals surface area contributed by atoms with Crippen molar-refractivity contribution in [1.82, 2.24) is 0 Å². The van der Waals surface area contributed by atoms with Gasteiger partial charge in [0.1, 0.15) is 18.2 Å². The second-order valence-corrected chi connectivity index (χ2v) is 12.1. The maximum absolute atomic E-state index is 15.9. The second-order valence-electron chi connectivity index (χ2n) is 12.1. The lowest BCUT2D eigenvalue weighted by Crippen LogP contribution is -2.23. The molecule has 5 rings (SSSR count). The molecule has 2 aliphatic rings. The van der Waals surface area contributed by atoms with E-state index < -0.39 is 23.1 Å². The molecule has 3 aromatic carbocycles. The molecule has 0 aromatic heterocycles. The van der Waals surface area contributed by atoms with Gasteiger partial charge in [-0.1, -0.05) is 39.0 Å². The van der Waals surface area contributed by atoms with E-state index in [-0.39, 0.29) is 29.7 Å². The molecule has 2 aliphatic carbocycles. The van der Waals surface area contributed by atoms with Gasteiger partial charge >= 0.3 is 5.97 Å². The van der Waals surface area contributed by atoms with Gasteiger partial charge in [-0.25, -0.2) is 8.78 Å². The van der Waals surface area contributed by atoms with Crippen molar-refractivity contribution in [2.45, 2.75) is 64.6 Å². The SMILES string of the molecule is COc1ccc(F)c(-c2ccc(COc3ccc4c(c3F)[C@]3(CCC4)C[C@H]3C(=O)O)cc2[C@@H](OC)C(C)(C)C)c1. The molecule has 0 heterocycles. The van der Waals surface area contributed by atoms with E-state index in [0.29, 0.717) is 35.3 Å². The molecule has 0 aliphatic heterocycles. The van der Waals surface area contributed by atoms with Gasteiger partial charge in [-0.3, -0.25) is 4.79 Å². The van der Waals surface area contributed by atoms with Gasteiger partial charge in [-0.2, -0.15) is 0 Å². The zero-order chi connectivity index (χ0) is 28.8. The summed E-state index contributed by atoms with van der Waals surface area (Å²) in [5.74, 6) is -1.60. The Kier molecular flexibility index (Phi) is 7.38. The first-order chi connectivity index (χ1) is 19.0. The van der Waals surface area contributed by atoms with E-state index in [1.54, 1.807) is 25.3 Å². The van der Waals surface area contributed by atoms with Crippen molar-refractivity contribution in [2.24, 2.45) is 11.3 Å². The van der Waals surface area contributed by atoms with Crippen molar-refractivity contribution in [3.05, 3.63) is 82.4 Å². The number of benzene rings is 3. The van der Waals surface area contributed by atoms with E-state index in [9.17, 15) is 9.90 Å². The number of rotatable bonds is 8. The average Bonchev–Trinajstić information content (AvgIpc) is 3.63. The van der Waals surface area contributed by atoms with Crippen molar-refractivity contribution >= 4 is 5.97 Å². The van der Waals surface area contributed by atoms with Crippen LogP contribution in [0.2, 0.25) is 0 Å². The van der Waals surface area contributed by atoms with E-state index >= 15 is 8.78 Å². The first-order valence-corrected chi connectivity index (χ1v) is 13.7. The predicted molar refractivity (Wildman–Crippen MR) is 149 cm³/mol. The molecular formula is C33H36F2O5. The van der Waals surface area contributed by atoms with Gasteiger partial charge in [0, 0.05) is 23.7 Å². The molecule has 1 fully saturated rings. The van der Waals surface area contributed by atoms with Crippen LogP contribution in [-0.2, 0) is 28.0 Å². The minimum atomic E-state index is -0.870. The number of fused-ring (bicyclic) bond motifs is 2. The summed E-state index contributed by atoms with van der Waals surface area (Å²) >= 11 is 0. The number of carboxylic acids is 1. The first-order valence-electron chi connectivity index (χ1n) is 13.7. The number of aliphatic carboxylic acids is 1. The molecular weight excluding hydrogens is 514 g/mol. The second kappa shape index (κ2) is 10.5. The molecule has 5 nitrogen and oxygen atoms in total. The molecule has 1 spiro atoms. The Morgan fingerprint density at radius 1 is 1.07 bits per heavy atom. The first kappa shape index (κ1) is 28.1. The minimum absolute atomic E-state index is 0.0829. The monoisotopic (exact) mass is 550 g/mol. The van der Waals surface area contributed by atoms with Crippen LogP contribution in [0.25, 0.3) is 11.1 Å². The van der Waals surface area contributed by atoms with Crippen LogP contribution in [0.15, 0.2) is 48.5 Å². The van der Waals surface area contributed by atoms with Crippen molar-refractivity contribution in [3.63, 3.8) is 0 Å². The van der Waals surface area contributed by atoms with Gasteiger partial charge in [0.2, 0.25) is 0 Å². The molecule has 0 bridgehead atoms. The van der Waals surface area contributed by atoms with E-state index in [1.807, 2.05) is 24.3 Å². The molecule has 7 heteroatoms. The average molecular weight is 551 g/mol. The van der Waals surface area contributed by atoms with Gasteiger partial charge in [0.15, 0.2) is 11.6 Å². The maximum Gasteiger partial charge on any atom is 0.307 e. The zero-order valence-electron chi connectivity index (χ0n) is 23.6. The molecule has 0 radical (unpaired) electrons. The van der Waals surface area contributed by atoms with Gasteiger partial charge in [0.25, 0.3) is 0 Å². The Morgan fingerprint density at radius 2 is 1.85 bits per heavy atom. The Morgan fingerprint density at radius 3 is 2.50 bits per heavy atom. The predicted octanol–water partition coefficient (Wildman–Crippen LogP) is 7.63. The van der Waals surface area contributed by atoms with Crippen molar-refractivity contribution in [3.8, 4) is 22.6 Å². The van der Waals surface area contributed by atoms with Crippen molar-refractivity contribution in [2.75, 3.05) is 14.2 Å². The lowest BCUT2D eigenvalue weighted by molar-refractivity contribution is -0.139. The molecule has 0 unspecified atom stereocenters. The fourth-order valence-electron chi connectivity index (χ4n) is 6.47. The van der Waals surface area contributed by atoms with Crippen LogP contribution < -0.4 is 9.47 Å². The number of carbonyl (C=O) groups is 1. The number of hydrogen-bond acceptors (Lipinski definition) is 4. The minimum Gasteiger partial charge on any atom is -0.497 e.